The van der Waals surface area contributed by atoms with E-state index >= 15 is 0 Å². The lowest BCUT2D eigenvalue weighted by atomic mass is 10.0. The Hall–Kier alpha value is -0.960. The first-order valence-corrected chi connectivity index (χ1v) is 5.66. The molecule has 1 aliphatic carbocycles. The second kappa shape index (κ2) is 4.27. The zero-order valence-electron chi connectivity index (χ0n) is 8.09. The van der Waals surface area contributed by atoms with Crippen molar-refractivity contribution in [3.63, 3.8) is 0 Å². The molecule has 0 bridgehead atoms. The number of halogens is 2. The smallest absolute Gasteiger partial charge is 0.191 e. The van der Waals surface area contributed by atoms with Crippen molar-refractivity contribution in [3.05, 3.63) is 45.7 Å². The summed E-state index contributed by atoms with van der Waals surface area (Å²) >= 11 is 3.23. The summed E-state index contributed by atoms with van der Waals surface area (Å²) in [6, 6.07) is 4.44. The molecule has 78 valence electrons. The number of Topliss-reactive ketones (excluding diaryl/α,β-unsaturated/α-hetero) is 1. The Kier molecular flexibility index (Phi) is 3.00. The predicted molar refractivity (Wildman–Crippen MR) is 60.4 cm³/mol. The topological polar surface area (TPSA) is 17.1 Å². The van der Waals surface area contributed by atoms with Crippen LogP contribution in [-0.2, 0) is 0 Å². The van der Waals surface area contributed by atoms with Gasteiger partial charge < -0.3 is 0 Å². The van der Waals surface area contributed by atoms with Crippen LogP contribution >= 0.6 is 15.9 Å². The largest absolute Gasteiger partial charge is 0.289 e. The highest BCUT2D eigenvalue weighted by Gasteiger charge is 2.18. The van der Waals surface area contributed by atoms with Crippen LogP contribution in [0.15, 0.2) is 34.3 Å². The SMILES string of the molecule is O=C(C1=CCCC1)c1cc(Br)ccc1F. The number of hydrogen-bond acceptors (Lipinski definition) is 1. The van der Waals surface area contributed by atoms with E-state index in [1.54, 1.807) is 6.07 Å². The molecule has 2 rings (SSSR count). The summed E-state index contributed by atoms with van der Waals surface area (Å²) in [6.07, 6.45) is 4.60. The van der Waals surface area contributed by atoms with E-state index in [0.717, 1.165) is 29.3 Å². The summed E-state index contributed by atoms with van der Waals surface area (Å²) in [5, 5.41) is 0. The van der Waals surface area contributed by atoms with E-state index in [1.807, 2.05) is 6.08 Å². The lowest BCUT2D eigenvalue weighted by molar-refractivity contribution is 0.102. The van der Waals surface area contributed by atoms with Crippen LogP contribution in [0.1, 0.15) is 29.6 Å². The molecule has 1 nitrogen and oxygen atoms in total. The molecule has 1 aromatic carbocycles. The molecule has 1 aliphatic rings. The third-order valence-electron chi connectivity index (χ3n) is 2.51. The minimum Gasteiger partial charge on any atom is -0.289 e. The van der Waals surface area contributed by atoms with Crippen LogP contribution in [0.3, 0.4) is 0 Å². The van der Waals surface area contributed by atoms with Gasteiger partial charge in [-0.1, -0.05) is 22.0 Å². The number of allylic oxidation sites excluding steroid dienone is 2. The molecule has 0 saturated heterocycles. The molecule has 0 spiro atoms. The molecule has 0 radical (unpaired) electrons. The van der Waals surface area contributed by atoms with Crippen molar-refractivity contribution in [3.8, 4) is 0 Å². The number of ketones is 1. The number of rotatable bonds is 2. The van der Waals surface area contributed by atoms with Crippen LogP contribution in [0.25, 0.3) is 0 Å². The molecular formula is C12H10BrFO. The Morgan fingerprint density at radius 3 is 2.87 bits per heavy atom. The third kappa shape index (κ3) is 2.17. The highest BCUT2D eigenvalue weighted by Crippen LogP contribution is 2.24. The van der Waals surface area contributed by atoms with Crippen LogP contribution in [0.2, 0.25) is 0 Å². The molecule has 0 atom stereocenters. The van der Waals surface area contributed by atoms with Gasteiger partial charge in [-0.2, -0.15) is 0 Å². The molecule has 0 aliphatic heterocycles. The van der Waals surface area contributed by atoms with Gasteiger partial charge in [-0.25, -0.2) is 4.39 Å². The summed E-state index contributed by atoms with van der Waals surface area (Å²) < 4.78 is 14.1. The molecule has 0 fully saturated rings. The minimum absolute atomic E-state index is 0.164. The first-order chi connectivity index (χ1) is 7.18. The Bertz CT molecular complexity index is 437. The number of carbonyl (C=O) groups is 1. The molecule has 0 unspecified atom stereocenters. The lowest BCUT2D eigenvalue weighted by Crippen LogP contribution is -2.04. The van der Waals surface area contributed by atoms with Gasteiger partial charge in [0.25, 0.3) is 0 Å². The van der Waals surface area contributed by atoms with E-state index in [1.165, 1.54) is 12.1 Å². The van der Waals surface area contributed by atoms with Crippen LogP contribution in [0.4, 0.5) is 4.39 Å². The molecule has 0 heterocycles. The Morgan fingerprint density at radius 2 is 2.20 bits per heavy atom. The second-order valence-corrected chi connectivity index (χ2v) is 4.49. The summed E-state index contributed by atoms with van der Waals surface area (Å²) in [5.74, 6) is -0.623. The summed E-state index contributed by atoms with van der Waals surface area (Å²) in [4.78, 5) is 11.9. The highest BCUT2D eigenvalue weighted by molar-refractivity contribution is 9.10. The van der Waals surface area contributed by atoms with Gasteiger partial charge in [0.15, 0.2) is 5.78 Å². The molecule has 0 saturated carbocycles. The van der Waals surface area contributed by atoms with Crippen molar-refractivity contribution < 1.29 is 9.18 Å². The number of hydrogen-bond donors (Lipinski definition) is 0. The van der Waals surface area contributed by atoms with Crippen LogP contribution in [-0.4, -0.2) is 5.78 Å². The fraction of sp³-hybridized carbons (Fsp3) is 0.250. The Balaban J connectivity index is 2.36. The zero-order valence-corrected chi connectivity index (χ0v) is 9.68. The van der Waals surface area contributed by atoms with Gasteiger partial charge in [-0.15, -0.1) is 0 Å². The van der Waals surface area contributed by atoms with Gasteiger partial charge in [-0.05, 0) is 43.0 Å². The summed E-state index contributed by atoms with van der Waals surface area (Å²) in [6.45, 7) is 0. The standard InChI is InChI=1S/C12H10BrFO/c13-9-5-6-11(14)10(7-9)12(15)8-3-1-2-4-8/h3,5-7H,1-2,4H2. The van der Waals surface area contributed by atoms with E-state index in [0.29, 0.717) is 0 Å². The normalized spacial score (nSPS) is 15.2. The quantitative estimate of drug-likeness (QED) is 0.744. The summed E-state index contributed by atoms with van der Waals surface area (Å²) in [7, 11) is 0. The Morgan fingerprint density at radius 1 is 1.40 bits per heavy atom. The van der Waals surface area contributed by atoms with Crippen molar-refractivity contribution in [2.75, 3.05) is 0 Å². The number of carbonyl (C=O) groups excluding carboxylic acids is 1. The maximum Gasteiger partial charge on any atom is 0.191 e. The minimum atomic E-state index is -0.448. The van der Waals surface area contributed by atoms with Crippen LogP contribution in [0.5, 0.6) is 0 Å². The third-order valence-corrected chi connectivity index (χ3v) is 3.00. The predicted octanol–water partition coefficient (Wildman–Crippen LogP) is 3.88. The molecule has 0 amide bonds. The fourth-order valence-electron chi connectivity index (χ4n) is 1.72. The molecule has 0 N–H and O–H groups in total. The van der Waals surface area contributed by atoms with Gasteiger partial charge in [-0.3, -0.25) is 4.79 Å². The van der Waals surface area contributed by atoms with Crippen LogP contribution < -0.4 is 0 Å². The maximum absolute atomic E-state index is 13.4. The molecule has 15 heavy (non-hydrogen) atoms. The average molecular weight is 269 g/mol. The zero-order chi connectivity index (χ0) is 10.8. The first-order valence-electron chi connectivity index (χ1n) is 4.87. The monoisotopic (exact) mass is 268 g/mol. The fourth-order valence-corrected chi connectivity index (χ4v) is 2.08. The van der Waals surface area contributed by atoms with E-state index in [2.05, 4.69) is 15.9 Å². The van der Waals surface area contributed by atoms with Crippen molar-refractivity contribution in [2.24, 2.45) is 0 Å². The Labute approximate surface area is 96.1 Å². The van der Waals surface area contributed by atoms with E-state index in [-0.39, 0.29) is 11.3 Å². The highest BCUT2D eigenvalue weighted by atomic mass is 79.9. The molecule has 1 aromatic rings. The number of benzene rings is 1. The van der Waals surface area contributed by atoms with E-state index in [9.17, 15) is 9.18 Å². The van der Waals surface area contributed by atoms with Gasteiger partial charge in [0.05, 0.1) is 5.56 Å². The van der Waals surface area contributed by atoms with Crippen molar-refractivity contribution >= 4 is 21.7 Å². The van der Waals surface area contributed by atoms with Crippen molar-refractivity contribution in [2.45, 2.75) is 19.3 Å². The first kappa shape index (κ1) is 10.6. The molecular weight excluding hydrogens is 259 g/mol. The van der Waals surface area contributed by atoms with Gasteiger partial charge >= 0.3 is 0 Å². The molecule has 0 aromatic heterocycles. The van der Waals surface area contributed by atoms with Gasteiger partial charge in [0, 0.05) is 4.47 Å². The van der Waals surface area contributed by atoms with Crippen molar-refractivity contribution in [1.82, 2.24) is 0 Å². The molecule has 3 heteroatoms. The van der Waals surface area contributed by atoms with Crippen LogP contribution in [0, 0.1) is 5.82 Å². The van der Waals surface area contributed by atoms with E-state index < -0.39 is 5.82 Å². The second-order valence-electron chi connectivity index (χ2n) is 3.57. The average Bonchev–Trinajstić information content (AvgIpc) is 2.74. The van der Waals surface area contributed by atoms with E-state index in [4.69, 9.17) is 0 Å². The van der Waals surface area contributed by atoms with Gasteiger partial charge in [0.2, 0.25) is 0 Å². The lowest BCUT2D eigenvalue weighted by Gasteiger charge is -2.03. The summed E-state index contributed by atoms with van der Waals surface area (Å²) in [5.41, 5.74) is 0.907. The maximum atomic E-state index is 13.4. The van der Waals surface area contributed by atoms with Gasteiger partial charge in [0.1, 0.15) is 5.82 Å². The van der Waals surface area contributed by atoms with Crippen molar-refractivity contribution in [1.29, 1.82) is 0 Å².